The molecule has 1 saturated heterocycles. The van der Waals surface area contributed by atoms with Gasteiger partial charge in [0.15, 0.2) is 5.96 Å². The Morgan fingerprint density at radius 3 is 2.81 bits per heavy atom. The van der Waals surface area contributed by atoms with Crippen LogP contribution in [-0.2, 0) is 18.3 Å². The summed E-state index contributed by atoms with van der Waals surface area (Å²) in [7, 11) is 3.66. The molecule has 3 rings (SSSR count). The molecule has 1 aliphatic rings. The molecule has 0 aliphatic carbocycles. The van der Waals surface area contributed by atoms with Gasteiger partial charge >= 0.3 is 0 Å². The number of halogens is 1. The summed E-state index contributed by atoms with van der Waals surface area (Å²) in [5.41, 5.74) is 0. The van der Waals surface area contributed by atoms with Gasteiger partial charge in [-0.3, -0.25) is 14.6 Å². The Bertz CT molecular complexity index is 670. The van der Waals surface area contributed by atoms with Crippen LogP contribution in [0.3, 0.4) is 0 Å². The molecule has 0 aromatic carbocycles. The third kappa shape index (κ3) is 5.63. The second-order valence-corrected chi connectivity index (χ2v) is 6.77. The fraction of sp³-hybridized carbons (Fsp3) is 0.562. The second-order valence-electron chi connectivity index (χ2n) is 5.79. The minimum atomic E-state index is 0. The van der Waals surface area contributed by atoms with E-state index < -0.39 is 0 Å². The molecule has 144 valence electrons. The van der Waals surface area contributed by atoms with Crippen molar-refractivity contribution in [2.24, 2.45) is 12.0 Å². The molecule has 0 spiro atoms. The maximum Gasteiger partial charge on any atom is 0.191 e. The van der Waals surface area contributed by atoms with Crippen LogP contribution in [-0.4, -0.2) is 65.5 Å². The van der Waals surface area contributed by atoms with Gasteiger partial charge in [0.2, 0.25) is 0 Å². The largest absolute Gasteiger partial charge is 0.379 e. The standard InChI is InChI=1S/C16H25N7OS.HI/c1-17-16(19-11-15-20-12-21-22(15)2)18-10-13(14-4-3-9-25-14)23-5-7-24-8-6-23;/h3-4,9,12-13H,5-8,10-11H2,1-2H3,(H2,17,18,19);1H. The Labute approximate surface area is 175 Å². The maximum atomic E-state index is 5.50. The van der Waals surface area contributed by atoms with Gasteiger partial charge < -0.3 is 15.4 Å². The number of guanidine groups is 1. The van der Waals surface area contributed by atoms with E-state index in [2.05, 4.69) is 48.1 Å². The predicted octanol–water partition coefficient (Wildman–Crippen LogP) is 1.23. The number of thiophene rings is 1. The molecule has 2 aromatic rings. The van der Waals surface area contributed by atoms with Crippen LogP contribution in [0.15, 0.2) is 28.8 Å². The molecule has 10 heteroatoms. The highest BCUT2D eigenvalue weighted by Gasteiger charge is 2.23. The molecule has 1 aliphatic heterocycles. The van der Waals surface area contributed by atoms with E-state index in [1.807, 2.05) is 7.05 Å². The first-order valence-corrected chi connectivity index (χ1v) is 9.28. The molecule has 3 heterocycles. The number of nitrogens with one attached hydrogen (secondary N) is 2. The molecule has 1 fully saturated rings. The molecule has 0 radical (unpaired) electrons. The van der Waals surface area contributed by atoms with Gasteiger partial charge in [-0.15, -0.1) is 35.3 Å². The molecule has 2 N–H and O–H groups in total. The molecule has 0 saturated carbocycles. The Balaban J connectivity index is 0.00000243. The van der Waals surface area contributed by atoms with Gasteiger partial charge in [-0.25, -0.2) is 4.98 Å². The molecule has 8 nitrogen and oxygen atoms in total. The molecular weight excluding hydrogens is 465 g/mol. The van der Waals surface area contributed by atoms with Crippen molar-refractivity contribution in [2.75, 3.05) is 39.9 Å². The first-order chi connectivity index (χ1) is 12.3. The lowest BCUT2D eigenvalue weighted by Crippen LogP contribution is -2.46. The van der Waals surface area contributed by atoms with Crippen molar-refractivity contribution in [3.05, 3.63) is 34.5 Å². The van der Waals surface area contributed by atoms with Crippen LogP contribution >= 0.6 is 35.3 Å². The van der Waals surface area contributed by atoms with Crippen LogP contribution < -0.4 is 10.6 Å². The smallest absolute Gasteiger partial charge is 0.191 e. The highest BCUT2D eigenvalue weighted by atomic mass is 127. The van der Waals surface area contributed by atoms with E-state index in [1.54, 1.807) is 29.4 Å². The first-order valence-electron chi connectivity index (χ1n) is 8.40. The molecule has 0 amide bonds. The third-order valence-electron chi connectivity index (χ3n) is 4.26. The molecule has 0 bridgehead atoms. The summed E-state index contributed by atoms with van der Waals surface area (Å²) in [5.74, 6) is 1.63. The van der Waals surface area contributed by atoms with Crippen molar-refractivity contribution in [2.45, 2.75) is 12.6 Å². The topological polar surface area (TPSA) is 79.6 Å². The number of aromatic nitrogens is 3. The van der Waals surface area contributed by atoms with Crippen molar-refractivity contribution in [1.82, 2.24) is 30.3 Å². The van der Waals surface area contributed by atoms with E-state index in [9.17, 15) is 0 Å². The van der Waals surface area contributed by atoms with Gasteiger partial charge in [0.25, 0.3) is 0 Å². The van der Waals surface area contributed by atoms with E-state index in [4.69, 9.17) is 4.74 Å². The number of nitrogens with zero attached hydrogens (tertiary/aromatic N) is 5. The lowest BCUT2D eigenvalue weighted by Gasteiger charge is -2.34. The van der Waals surface area contributed by atoms with Gasteiger partial charge in [0, 0.05) is 38.6 Å². The minimum Gasteiger partial charge on any atom is -0.379 e. The van der Waals surface area contributed by atoms with Crippen molar-refractivity contribution in [3.8, 4) is 0 Å². The van der Waals surface area contributed by atoms with E-state index in [1.165, 1.54) is 4.88 Å². The molecule has 1 unspecified atom stereocenters. The molecular formula is C16H26IN7OS. The number of hydrogen-bond acceptors (Lipinski definition) is 6. The lowest BCUT2D eigenvalue weighted by molar-refractivity contribution is 0.0177. The normalized spacial score (nSPS) is 16.8. The summed E-state index contributed by atoms with van der Waals surface area (Å²) in [6, 6.07) is 4.62. The van der Waals surface area contributed by atoms with Gasteiger partial charge in [-0.05, 0) is 11.4 Å². The molecule has 26 heavy (non-hydrogen) atoms. The van der Waals surface area contributed by atoms with Crippen LogP contribution in [0.4, 0.5) is 0 Å². The Morgan fingerprint density at radius 1 is 1.38 bits per heavy atom. The summed E-state index contributed by atoms with van der Waals surface area (Å²) in [6.07, 6.45) is 1.55. The summed E-state index contributed by atoms with van der Waals surface area (Å²) < 4.78 is 7.25. The summed E-state index contributed by atoms with van der Waals surface area (Å²) >= 11 is 1.79. The molecule has 1 atom stereocenters. The zero-order valence-electron chi connectivity index (χ0n) is 15.1. The zero-order chi connectivity index (χ0) is 17.5. The Kier molecular flexibility index (Phi) is 8.75. The maximum absolute atomic E-state index is 5.50. The number of aryl methyl sites for hydroxylation is 1. The monoisotopic (exact) mass is 491 g/mol. The fourth-order valence-corrected chi connectivity index (χ4v) is 3.70. The lowest BCUT2D eigenvalue weighted by atomic mass is 10.2. The predicted molar refractivity (Wildman–Crippen MR) is 114 cm³/mol. The van der Waals surface area contributed by atoms with Gasteiger partial charge in [-0.1, -0.05) is 6.07 Å². The number of morpholine rings is 1. The van der Waals surface area contributed by atoms with Crippen molar-refractivity contribution < 1.29 is 4.74 Å². The SMILES string of the molecule is CN=C(NCc1ncnn1C)NCC(c1cccs1)N1CCOCC1.I. The summed E-state index contributed by atoms with van der Waals surface area (Å²) in [5, 5.41) is 12.9. The summed E-state index contributed by atoms with van der Waals surface area (Å²) in [4.78, 5) is 12.4. The van der Waals surface area contributed by atoms with Gasteiger partial charge in [0.1, 0.15) is 12.2 Å². The summed E-state index contributed by atoms with van der Waals surface area (Å²) in [6.45, 7) is 4.86. The van der Waals surface area contributed by atoms with E-state index in [0.29, 0.717) is 12.6 Å². The quantitative estimate of drug-likeness (QED) is 0.360. The van der Waals surface area contributed by atoms with Crippen LogP contribution in [0, 0.1) is 0 Å². The van der Waals surface area contributed by atoms with E-state index >= 15 is 0 Å². The number of hydrogen-bond donors (Lipinski definition) is 2. The van der Waals surface area contributed by atoms with E-state index in [-0.39, 0.29) is 24.0 Å². The average Bonchev–Trinajstić information content (AvgIpc) is 3.31. The van der Waals surface area contributed by atoms with Gasteiger partial charge in [-0.2, -0.15) is 5.10 Å². The van der Waals surface area contributed by atoms with Crippen LogP contribution in [0.5, 0.6) is 0 Å². The Morgan fingerprint density at radius 2 is 2.19 bits per heavy atom. The zero-order valence-corrected chi connectivity index (χ0v) is 18.2. The number of rotatable bonds is 6. The highest BCUT2D eigenvalue weighted by Crippen LogP contribution is 2.25. The van der Waals surface area contributed by atoms with Crippen LogP contribution in [0.2, 0.25) is 0 Å². The van der Waals surface area contributed by atoms with Crippen molar-refractivity contribution in [3.63, 3.8) is 0 Å². The second kappa shape index (κ2) is 10.8. The highest BCUT2D eigenvalue weighted by molar-refractivity contribution is 14.0. The number of ether oxygens (including phenoxy) is 1. The average molecular weight is 491 g/mol. The van der Waals surface area contributed by atoms with Crippen LogP contribution in [0.25, 0.3) is 0 Å². The van der Waals surface area contributed by atoms with Crippen LogP contribution in [0.1, 0.15) is 16.7 Å². The Hall–Kier alpha value is -1.24. The first kappa shape index (κ1) is 21.1. The fourth-order valence-electron chi connectivity index (χ4n) is 2.84. The third-order valence-corrected chi connectivity index (χ3v) is 5.24. The number of aliphatic imine (C=N–C) groups is 1. The van der Waals surface area contributed by atoms with E-state index in [0.717, 1.165) is 44.6 Å². The molecule has 2 aromatic heterocycles. The van der Waals surface area contributed by atoms with Crippen molar-refractivity contribution in [1.29, 1.82) is 0 Å². The van der Waals surface area contributed by atoms with Crippen molar-refractivity contribution >= 4 is 41.3 Å². The minimum absolute atomic E-state index is 0. The van der Waals surface area contributed by atoms with Gasteiger partial charge in [0.05, 0.1) is 25.8 Å².